The van der Waals surface area contributed by atoms with Gasteiger partial charge in [0, 0.05) is 27.4 Å². The Balaban J connectivity index is 2.29. The molecule has 1 N–H and O–H groups in total. The molecule has 20 heavy (non-hydrogen) atoms. The molecule has 0 bridgehead atoms. The SMILES string of the molecule is CNC(Cc1ncnn1C(C)C)c1cc(Br)ccc1Br. The lowest BCUT2D eigenvalue weighted by Gasteiger charge is -2.19. The fourth-order valence-electron chi connectivity index (χ4n) is 2.18. The van der Waals surface area contributed by atoms with Gasteiger partial charge in [-0.3, -0.25) is 0 Å². The molecule has 1 aromatic heterocycles. The minimum atomic E-state index is 0.184. The van der Waals surface area contributed by atoms with E-state index in [0.29, 0.717) is 6.04 Å². The highest BCUT2D eigenvalue weighted by Gasteiger charge is 2.18. The molecule has 0 saturated heterocycles. The molecule has 0 aliphatic carbocycles. The van der Waals surface area contributed by atoms with E-state index in [4.69, 9.17) is 0 Å². The van der Waals surface area contributed by atoms with Gasteiger partial charge in [-0.15, -0.1) is 0 Å². The summed E-state index contributed by atoms with van der Waals surface area (Å²) in [5.74, 6) is 0.992. The molecular formula is C14H18Br2N4. The molecule has 2 aromatic rings. The number of likely N-dealkylation sites (N-methyl/N-ethyl adjacent to an activating group) is 1. The average molecular weight is 402 g/mol. The Hall–Kier alpha value is -0.720. The average Bonchev–Trinajstić information content (AvgIpc) is 2.87. The third-order valence-electron chi connectivity index (χ3n) is 3.21. The van der Waals surface area contributed by atoms with Gasteiger partial charge in [-0.2, -0.15) is 5.10 Å². The first-order valence-electron chi connectivity index (χ1n) is 6.53. The van der Waals surface area contributed by atoms with Crippen molar-refractivity contribution in [3.05, 3.63) is 44.9 Å². The molecule has 1 aromatic carbocycles. The van der Waals surface area contributed by atoms with Crippen molar-refractivity contribution in [1.82, 2.24) is 20.1 Å². The molecule has 6 heteroatoms. The largest absolute Gasteiger partial charge is 0.313 e. The van der Waals surface area contributed by atoms with E-state index in [1.165, 1.54) is 5.56 Å². The van der Waals surface area contributed by atoms with Crippen LogP contribution in [0, 0.1) is 0 Å². The van der Waals surface area contributed by atoms with Crippen LogP contribution in [0.15, 0.2) is 33.5 Å². The first-order valence-corrected chi connectivity index (χ1v) is 8.12. The van der Waals surface area contributed by atoms with Crippen LogP contribution in [0.25, 0.3) is 0 Å². The molecule has 1 unspecified atom stereocenters. The van der Waals surface area contributed by atoms with Crippen LogP contribution in [0.1, 0.15) is 37.3 Å². The second-order valence-electron chi connectivity index (χ2n) is 4.93. The van der Waals surface area contributed by atoms with E-state index in [0.717, 1.165) is 21.2 Å². The van der Waals surface area contributed by atoms with Crippen molar-refractivity contribution in [3.63, 3.8) is 0 Å². The quantitative estimate of drug-likeness (QED) is 0.826. The molecule has 108 valence electrons. The van der Waals surface area contributed by atoms with Gasteiger partial charge in [-0.1, -0.05) is 31.9 Å². The molecule has 1 heterocycles. The fourth-order valence-corrected chi connectivity index (χ4v) is 3.08. The van der Waals surface area contributed by atoms with Gasteiger partial charge >= 0.3 is 0 Å². The number of rotatable bonds is 5. The Labute approximate surface area is 136 Å². The van der Waals surface area contributed by atoms with E-state index in [1.54, 1.807) is 6.33 Å². The van der Waals surface area contributed by atoms with Crippen LogP contribution >= 0.6 is 31.9 Å². The second kappa shape index (κ2) is 6.83. The van der Waals surface area contributed by atoms with Crippen molar-refractivity contribution in [3.8, 4) is 0 Å². The van der Waals surface area contributed by atoms with Gasteiger partial charge in [0.05, 0.1) is 0 Å². The Morgan fingerprint density at radius 2 is 2.05 bits per heavy atom. The molecule has 0 aliphatic rings. The molecule has 0 saturated carbocycles. The van der Waals surface area contributed by atoms with Gasteiger partial charge in [0.1, 0.15) is 12.2 Å². The van der Waals surface area contributed by atoms with E-state index < -0.39 is 0 Å². The summed E-state index contributed by atoms with van der Waals surface area (Å²) in [5, 5.41) is 7.65. The number of aromatic nitrogens is 3. The Kier molecular flexibility index (Phi) is 5.35. The summed E-state index contributed by atoms with van der Waals surface area (Å²) in [7, 11) is 1.97. The number of benzene rings is 1. The van der Waals surface area contributed by atoms with Crippen molar-refractivity contribution >= 4 is 31.9 Å². The summed E-state index contributed by atoms with van der Waals surface area (Å²) >= 11 is 7.15. The molecule has 0 fully saturated rings. The van der Waals surface area contributed by atoms with Crippen LogP contribution in [-0.4, -0.2) is 21.8 Å². The predicted octanol–water partition coefficient (Wildman–Crippen LogP) is 3.89. The zero-order chi connectivity index (χ0) is 14.7. The zero-order valence-electron chi connectivity index (χ0n) is 11.8. The summed E-state index contributed by atoms with van der Waals surface area (Å²) in [6, 6.07) is 6.70. The standard InChI is InChI=1S/C14H18Br2N4/c1-9(2)20-14(18-8-19-20)7-13(17-3)11-6-10(15)4-5-12(11)16/h4-6,8-9,13,17H,7H2,1-3H3. The van der Waals surface area contributed by atoms with E-state index >= 15 is 0 Å². The number of halogens is 2. The van der Waals surface area contributed by atoms with Crippen LogP contribution < -0.4 is 5.32 Å². The maximum atomic E-state index is 4.39. The topological polar surface area (TPSA) is 42.7 Å². The fraction of sp³-hybridized carbons (Fsp3) is 0.429. The third-order valence-corrected chi connectivity index (χ3v) is 4.42. The molecule has 4 nitrogen and oxygen atoms in total. The molecular weight excluding hydrogens is 384 g/mol. The van der Waals surface area contributed by atoms with Gasteiger partial charge in [0.2, 0.25) is 0 Å². The summed E-state index contributed by atoms with van der Waals surface area (Å²) in [4.78, 5) is 4.39. The molecule has 0 aliphatic heterocycles. The van der Waals surface area contributed by atoms with Crippen molar-refractivity contribution in [2.75, 3.05) is 7.05 Å². The van der Waals surface area contributed by atoms with E-state index in [2.05, 4.69) is 73.2 Å². The van der Waals surface area contributed by atoms with Crippen molar-refractivity contribution < 1.29 is 0 Å². The lowest BCUT2D eigenvalue weighted by Crippen LogP contribution is -2.22. The number of nitrogens with zero attached hydrogens (tertiary/aromatic N) is 3. The summed E-state index contributed by atoms with van der Waals surface area (Å²) < 4.78 is 4.13. The van der Waals surface area contributed by atoms with Crippen LogP contribution in [0.4, 0.5) is 0 Å². The highest BCUT2D eigenvalue weighted by Crippen LogP contribution is 2.28. The zero-order valence-corrected chi connectivity index (χ0v) is 14.9. The van der Waals surface area contributed by atoms with Gasteiger partial charge in [-0.05, 0) is 44.7 Å². The highest BCUT2D eigenvalue weighted by atomic mass is 79.9. The second-order valence-corrected chi connectivity index (χ2v) is 6.70. The molecule has 1 atom stereocenters. The van der Waals surface area contributed by atoms with Crippen LogP contribution in [0.2, 0.25) is 0 Å². The van der Waals surface area contributed by atoms with Crippen LogP contribution in [0.3, 0.4) is 0 Å². The summed E-state index contributed by atoms with van der Waals surface area (Å²) in [5.41, 5.74) is 1.21. The monoisotopic (exact) mass is 400 g/mol. The third kappa shape index (κ3) is 3.48. The summed E-state index contributed by atoms with van der Waals surface area (Å²) in [6.07, 6.45) is 2.42. The number of hydrogen-bond donors (Lipinski definition) is 1. The Morgan fingerprint density at radius 3 is 2.70 bits per heavy atom. The highest BCUT2D eigenvalue weighted by molar-refractivity contribution is 9.11. The molecule has 2 rings (SSSR count). The smallest absolute Gasteiger partial charge is 0.138 e. The van der Waals surface area contributed by atoms with Gasteiger partial charge in [-0.25, -0.2) is 9.67 Å². The van der Waals surface area contributed by atoms with Gasteiger partial charge < -0.3 is 5.32 Å². The van der Waals surface area contributed by atoms with Crippen LogP contribution in [0.5, 0.6) is 0 Å². The summed E-state index contributed by atoms with van der Waals surface area (Å²) in [6.45, 7) is 4.23. The first-order chi connectivity index (χ1) is 9.52. The van der Waals surface area contributed by atoms with Gasteiger partial charge in [0.15, 0.2) is 0 Å². The Bertz CT molecular complexity index is 580. The minimum Gasteiger partial charge on any atom is -0.313 e. The number of nitrogens with one attached hydrogen (secondary N) is 1. The van der Waals surface area contributed by atoms with Crippen LogP contribution in [-0.2, 0) is 6.42 Å². The maximum Gasteiger partial charge on any atom is 0.138 e. The lowest BCUT2D eigenvalue weighted by molar-refractivity contribution is 0.477. The van der Waals surface area contributed by atoms with Crippen molar-refractivity contribution in [2.45, 2.75) is 32.4 Å². The normalized spacial score (nSPS) is 12.9. The molecule has 0 spiro atoms. The van der Waals surface area contributed by atoms with Crippen molar-refractivity contribution in [2.24, 2.45) is 0 Å². The minimum absolute atomic E-state index is 0.184. The van der Waals surface area contributed by atoms with E-state index in [1.807, 2.05) is 17.8 Å². The van der Waals surface area contributed by atoms with Crippen molar-refractivity contribution in [1.29, 1.82) is 0 Å². The molecule has 0 amide bonds. The lowest BCUT2D eigenvalue weighted by atomic mass is 10.0. The Morgan fingerprint density at radius 1 is 1.30 bits per heavy atom. The molecule has 0 radical (unpaired) electrons. The van der Waals surface area contributed by atoms with Gasteiger partial charge in [0.25, 0.3) is 0 Å². The maximum absolute atomic E-state index is 4.39. The predicted molar refractivity (Wildman–Crippen MR) is 87.8 cm³/mol. The number of hydrogen-bond acceptors (Lipinski definition) is 3. The first kappa shape index (κ1) is 15.7. The van der Waals surface area contributed by atoms with E-state index in [-0.39, 0.29) is 6.04 Å². The van der Waals surface area contributed by atoms with E-state index in [9.17, 15) is 0 Å².